The zero-order valence-corrected chi connectivity index (χ0v) is 31.2. The Balaban J connectivity index is 4.20. The zero-order valence-electron chi connectivity index (χ0n) is 30.3. The Hall–Kier alpha value is -1.25. The lowest BCUT2D eigenvalue weighted by molar-refractivity contribution is -0.161. The highest BCUT2D eigenvalue weighted by molar-refractivity contribution is 7.47. The Bertz CT molecular complexity index is 794. The predicted molar refractivity (Wildman–Crippen MR) is 192 cm³/mol. The number of allylic oxidation sites excluding steroid dienone is 2. The molecule has 0 radical (unpaired) electrons. The van der Waals surface area contributed by atoms with Gasteiger partial charge in [0.05, 0.1) is 13.2 Å². The monoisotopic (exact) mass is 689 g/mol. The fourth-order valence-electron chi connectivity index (χ4n) is 5.28. The molecule has 0 aliphatic heterocycles. The Labute approximate surface area is 288 Å². The van der Waals surface area contributed by atoms with Crippen molar-refractivity contribution in [2.45, 2.75) is 187 Å². The van der Waals surface area contributed by atoms with E-state index < -0.39 is 26.5 Å². The van der Waals surface area contributed by atoms with Crippen LogP contribution in [0.25, 0.3) is 0 Å². The van der Waals surface area contributed by atoms with E-state index in [0.717, 1.165) is 57.8 Å². The van der Waals surface area contributed by atoms with E-state index in [1.165, 1.54) is 89.9 Å². The van der Waals surface area contributed by atoms with Crippen LogP contribution in [0.1, 0.15) is 181 Å². The highest BCUT2D eigenvalue weighted by atomic mass is 31.2. The van der Waals surface area contributed by atoms with E-state index in [1.54, 1.807) is 0 Å². The molecule has 9 nitrogen and oxygen atoms in total. The first kappa shape index (κ1) is 45.8. The van der Waals surface area contributed by atoms with Gasteiger partial charge in [-0.05, 0) is 38.5 Å². The Morgan fingerprint density at radius 3 is 1.55 bits per heavy atom. The molecule has 0 aromatic heterocycles. The summed E-state index contributed by atoms with van der Waals surface area (Å²) in [6.07, 6.45) is 32.4. The van der Waals surface area contributed by atoms with Crippen LogP contribution in [0.2, 0.25) is 0 Å². The van der Waals surface area contributed by atoms with Gasteiger partial charge < -0.3 is 20.1 Å². The number of phosphoric acid groups is 1. The number of carbonyl (C=O) groups excluding carboxylic acids is 2. The molecule has 0 aromatic carbocycles. The lowest BCUT2D eigenvalue weighted by Gasteiger charge is -2.19. The molecule has 0 heterocycles. The lowest BCUT2D eigenvalue weighted by Crippen LogP contribution is -2.29. The third-order valence-electron chi connectivity index (χ3n) is 8.15. The molecule has 10 heteroatoms. The highest BCUT2D eigenvalue weighted by Gasteiger charge is 2.25. The molecule has 0 aromatic rings. The van der Waals surface area contributed by atoms with Crippen molar-refractivity contribution in [3.63, 3.8) is 0 Å². The number of nitrogens with two attached hydrogens (primary N) is 1. The van der Waals surface area contributed by atoms with Gasteiger partial charge in [0.15, 0.2) is 6.10 Å². The predicted octanol–water partition coefficient (Wildman–Crippen LogP) is 10.3. The maximum absolute atomic E-state index is 12.5. The fraction of sp³-hybridized carbons (Fsp3) is 0.892. The molecule has 47 heavy (non-hydrogen) atoms. The van der Waals surface area contributed by atoms with E-state index in [-0.39, 0.29) is 38.6 Å². The van der Waals surface area contributed by atoms with Gasteiger partial charge in [0.25, 0.3) is 0 Å². The first-order valence-electron chi connectivity index (χ1n) is 19.2. The summed E-state index contributed by atoms with van der Waals surface area (Å²) < 4.78 is 32.6. The van der Waals surface area contributed by atoms with Crippen LogP contribution in [0.15, 0.2) is 12.2 Å². The first-order valence-corrected chi connectivity index (χ1v) is 20.7. The van der Waals surface area contributed by atoms with Gasteiger partial charge in [0, 0.05) is 19.4 Å². The van der Waals surface area contributed by atoms with Gasteiger partial charge in [-0.2, -0.15) is 0 Å². The SMILES string of the molecule is CCCCC/C=C/CCCCCCCC(=O)O[C@H](COC(=O)CCCCCCCCCCCCCCCC)COP(=O)(O)OCCN. The molecular formula is C37H72NO8P. The largest absolute Gasteiger partial charge is 0.472 e. The van der Waals surface area contributed by atoms with Crippen molar-refractivity contribution < 1.29 is 37.6 Å². The van der Waals surface area contributed by atoms with Gasteiger partial charge in [-0.25, -0.2) is 4.57 Å². The molecule has 2 atom stereocenters. The van der Waals surface area contributed by atoms with Gasteiger partial charge in [-0.15, -0.1) is 0 Å². The molecule has 3 N–H and O–H groups in total. The second-order valence-electron chi connectivity index (χ2n) is 12.8. The number of rotatable bonds is 36. The lowest BCUT2D eigenvalue weighted by atomic mass is 10.0. The van der Waals surface area contributed by atoms with Gasteiger partial charge in [0.2, 0.25) is 0 Å². The first-order chi connectivity index (χ1) is 22.8. The Kier molecular flexibility index (Phi) is 33.7. The number of unbranched alkanes of at least 4 members (excludes halogenated alkanes) is 21. The van der Waals surface area contributed by atoms with Gasteiger partial charge >= 0.3 is 19.8 Å². The van der Waals surface area contributed by atoms with Crippen LogP contribution in [0.5, 0.6) is 0 Å². The summed E-state index contributed by atoms with van der Waals surface area (Å²) >= 11 is 0. The minimum Gasteiger partial charge on any atom is -0.462 e. The molecule has 0 saturated heterocycles. The van der Waals surface area contributed by atoms with Crippen molar-refractivity contribution in [2.75, 3.05) is 26.4 Å². The number of carbonyl (C=O) groups is 2. The number of phosphoric ester groups is 1. The van der Waals surface area contributed by atoms with Crippen molar-refractivity contribution in [3.05, 3.63) is 12.2 Å². The number of hydrogen-bond acceptors (Lipinski definition) is 8. The second kappa shape index (κ2) is 34.6. The molecule has 1 unspecified atom stereocenters. The van der Waals surface area contributed by atoms with Crippen LogP contribution in [0, 0.1) is 0 Å². The Morgan fingerprint density at radius 2 is 1.04 bits per heavy atom. The number of esters is 2. The zero-order chi connectivity index (χ0) is 34.7. The van der Waals surface area contributed by atoms with Crippen molar-refractivity contribution >= 4 is 19.8 Å². The Morgan fingerprint density at radius 1 is 0.617 bits per heavy atom. The maximum Gasteiger partial charge on any atom is 0.472 e. The van der Waals surface area contributed by atoms with E-state index in [2.05, 4.69) is 26.0 Å². The minimum absolute atomic E-state index is 0.0545. The summed E-state index contributed by atoms with van der Waals surface area (Å²) in [7, 11) is -4.37. The van der Waals surface area contributed by atoms with Gasteiger partial charge in [-0.1, -0.05) is 142 Å². The molecular weight excluding hydrogens is 617 g/mol. The normalized spacial score (nSPS) is 13.5. The van der Waals surface area contributed by atoms with Crippen LogP contribution in [0.4, 0.5) is 0 Å². The molecule has 0 saturated carbocycles. The van der Waals surface area contributed by atoms with Crippen LogP contribution >= 0.6 is 7.82 Å². The van der Waals surface area contributed by atoms with Gasteiger partial charge in [-0.3, -0.25) is 18.6 Å². The van der Waals surface area contributed by atoms with E-state index in [0.29, 0.717) is 6.42 Å². The van der Waals surface area contributed by atoms with Crippen molar-refractivity contribution in [1.82, 2.24) is 0 Å². The summed E-state index contributed by atoms with van der Waals surface area (Å²) in [5, 5.41) is 0. The van der Waals surface area contributed by atoms with Crippen LogP contribution in [0.3, 0.4) is 0 Å². The molecule has 0 amide bonds. The fourth-order valence-corrected chi connectivity index (χ4v) is 6.04. The third kappa shape index (κ3) is 34.4. The van der Waals surface area contributed by atoms with Crippen molar-refractivity contribution in [1.29, 1.82) is 0 Å². The summed E-state index contributed by atoms with van der Waals surface area (Å²) in [5.41, 5.74) is 5.33. The second-order valence-corrected chi connectivity index (χ2v) is 14.3. The van der Waals surface area contributed by atoms with Crippen molar-refractivity contribution in [3.8, 4) is 0 Å². The molecule has 0 aliphatic rings. The molecule has 0 bridgehead atoms. The molecule has 0 fully saturated rings. The van der Waals surface area contributed by atoms with E-state index in [4.69, 9.17) is 24.3 Å². The average molecular weight is 690 g/mol. The van der Waals surface area contributed by atoms with Crippen LogP contribution in [-0.4, -0.2) is 49.3 Å². The number of hydrogen-bond donors (Lipinski definition) is 2. The summed E-state index contributed by atoms with van der Waals surface area (Å²) in [6, 6.07) is 0. The standard InChI is InChI=1S/C37H72NO8P/c1-3-5-7-9-11-13-15-17-18-20-21-23-25-27-29-36(39)43-33-35(34-45-47(41,42)44-32-31-38)46-37(40)30-28-26-24-22-19-16-14-12-10-8-6-4-2/h12,14,35H,3-11,13,15-34,38H2,1-2H3,(H,41,42)/b14-12+/t35-/m1/s1. The minimum atomic E-state index is -4.37. The number of ether oxygens (including phenoxy) is 2. The summed E-state index contributed by atoms with van der Waals surface area (Å²) in [6.45, 7) is 3.70. The smallest absolute Gasteiger partial charge is 0.462 e. The average Bonchev–Trinajstić information content (AvgIpc) is 3.05. The van der Waals surface area contributed by atoms with E-state index in [9.17, 15) is 19.0 Å². The van der Waals surface area contributed by atoms with E-state index in [1.807, 2.05) is 0 Å². The van der Waals surface area contributed by atoms with Crippen molar-refractivity contribution in [2.24, 2.45) is 5.73 Å². The van der Waals surface area contributed by atoms with E-state index >= 15 is 0 Å². The summed E-state index contributed by atoms with van der Waals surface area (Å²) in [5.74, 6) is -0.834. The quantitative estimate of drug-likeness (QED) is 0.0285. The van der Waals surface area contributed by atoms with Crippen LogP contribution < -0.4 is 5.73 Å². The molecule has 0 rings (SSSR count). The third-order valence-corrected chi connectivity index (χ3v) is 9.14. The maximum atomic E-state index is 12.5. The molecule has 0 spiro atoms. The highest BCUT2D eigenvalue weighted by Crippen LogP contribution is 2.43. The summed E-state index contributed by atoms with van der Waals surface area (Å²) in [4.78, 5) is 34.7. The molecule has 278 valence electrons. The van der Waals surface area contributed by atoms with Crippen LogP contribution in [-0.2, 0) is 32.7 Å². The molecule has 0 aliphatic carbocycles. The topological polar surface area (TPSA) is 134 Å². The van der Waals surface area contributed by atoms with Gasteiger partial charge in [0.1, 0.15) is 6.61 Å².